The lowest BCUT2D eigenvalue weighted by Crippen LogP contribution is -2.47. The summed E-state index contributed by atoms with van der Waals surface area (Å²) >= 11 is 3.03. The second-order valence-corrected chi connectivity index (χ2v) is 6.54. The molecule has 0 aliphatic heterocycles. The van der Waals surface area contributed by atoms with E-state index in [0.29, 0.717) is 13.1 Å². The molecule has 1 amide bonds. The summed E-state index contributed by atoms with van der Waals surface area (Å²) in [5.74, 6) is -0.273. The molecule has 1 aromatic heterocycles. The molecule has 0 spiro atoms. The highest BCUT2D eigenvalue weighted by Gasteiger charge is 2.29. The maximum atomic E-state index is 12.2. The highest BCUT2D eigenvalue weighted by atomic mass is 79.9. The summed E-state index contributed by atoms with van der Waals surface area (Å²) in [6.45, 7) is 6.24. The van der Waals surface area contributed by atoms with Crippen LogP contribution in [0.25, 0.3) is 0 Å². The van der Waals surface area contributed by atoms with E-state index < -0.39 is 16.1 Å². The molecule has 114 valence electrons. The Morgan fingerprint density at radius 1 is 1.45 bits per heavy atom. The van der Waals surface area contributed by atoms with Gasteiger partial charge in [0, 0.05) is 20.1 Å². The van der Waals surface area contributed by atoms with E-state index in [-0.39, 0.29) is 15.5 Å². The molecular formula is C10H18BrN5O3S. The minimum atomic E-state index is -3.88. The Labute approximate surface area is 126 Å². The lowest BCUT2D eigenvalue weighted by atomic mass is 10.3. The number of aromatic nitrogens is 3. The van der Waals surface area contributed by atoms with Gasteiger partial charge in [-0.2, -0.15) is 4.72 Å². The first-order valence-electron chi connectivity index (χ1n) is 6.10. The standard InChI is InChI=1S/C10H18BrN5O3S/c1-5-16(6-2)9(17)7(3)13-20(18,19)10-8(11)12-14-15(10)4/h7,13H,5-6H2,1-4H3. The normalized spacial score (nSPS) is 13.2. The van der Waals surface area contributed by atoms with Gasteiger partial charge in [-0.05, 0) is 36.7 Å². The van der Waals surface area contributed by atoms with Crippen molar-refractivity contribution in [2.45, 2.75) is 31.8 Å². The highest BCUT2D eigenvalue weighted by molar-refractivity contribution is 9.10. The van der Waals surface area contributed by atoms with Crippen LogP contribution < -0.4 is 4.72 Å². The molecule has 0 saturated carbocycles. The number of hydrogen-bond donors (Lipinski definition) is 1. The summed E-state index contributed by atoms with van der Waals surface area (Å²) in [7, 11) is -2.42. The molecule has 1 unspecified atom stereocenters. The summed E-state index contributed by atoms with van der Waals surface area (Å²) in [4.78, 5) is 13.6. The molecule has 0 aromatic carbocycles. The van der Waals surface area contributed by atoms with Crippen LogP contribution in [-0.2, 0) is 21.9 Å². The number of carbonyl (C=O) groups excluding carboxylic acids is 1. The molecule has 1 atom stereocenters. The monoisotopic (exact) mass is 367 g/mol. The maximum Gasteiger partial charge on any atom is 0.261 e. The van der Waals surface area contributed by atoms with Gasteiger partial charge in [0.2, 0.25) is 10.9 Å². The lowest BCUT2D eigenvalue weighted by molar-refractivity contribution is -0.132. The highest BCUT2D eigenvalue weighted by Crippen LogP contribution is 2.18. The maximum absolute atomic E-state index is 12.2. The zero-order valence-corrected chi connectivity index (χ0v) is 14.2. The largest absolute Gasteiger partial charge is 0.342 e. The van der Waals surface area contributed by atoms with Crippen LogP contribution in [0.2, 0.25) is 0 Å². The van der Waals surface area contributed by atoms with Crippen molar-refractivity contribution in [3.63, 3.8) is 0 Å². The van der Waals surface area contributed by atoms with Crippen molar-refractivity contribution in [1.29, 1.82) is 0 Å². The van der Waals surface area contributed by atoms with E-state index in [1.807, 2.05) is 13.8 Å². The van der Waals surface area contributed by atoms with E-state index in [1.165, 1.54) is 14.0 Å². The van der Waals surface area contributed by atoms with Crippen LogP contribution in [0.1, 0.15) is 20.8 Å². The summed E-state index contributed by atoms with van der Waals surface area (Å²) in [5.41, 5.74) is 0. The van der Waals surface area contributed by atoms with Crippen LogP contribution in [0.4, 0.5) is 0 Å². The van der Waals surface area contributed by atoms with E-state index in [0.717, 1.165) is 4.68 Å². The molecule has 1 N–H and O–H groups in total. The molecule has 8 nitrogen and oxygen atoms in total. The summed E-state index contributed by atoms with van der Waals surface area (Å²) in [5, 5.41) is 7.11. The minimum absolute atomic E-state index is 0.106. The van der Waals surface area contributed by atoms with Gasteiger partial charge in [-0.1, -0.05) is 5.21 Å². The Morgan fingerprint density at radius 2 is 2.00 bits per heavy atom. The van der Waals surface area contributed by atoms with Crippen molar-refractivity contribution in [1.82, 2.24) is 24.6 Å². The molecule has 1 heterocycles. The van der Waals surface area contributed by atoms with Crippen LogP contribution in [0, 0.1) is 0 Å². The van der Waals surface area contributed by atoms with Gasteiger partial charge in [0.15, 0.2) is 4.60 Å². The predicted octanol–water partition coefficient (Wildman–Crippen LogP) is 0.113. The van der Waals surface area contributed by atoms with Crippen LogP contribution >= 0.6 is 15.9 Å². The average molecular weight is 368 g/mol. The molecule has 1 rings (SSSR count). The number of rotatable bonds is 6. The fourth-order valence-corrected chi connectivity index (χ4v) is 4.05. The van der Waals surface area contributed by atoms with Gasteiger partial charge in [0.25, 0.3) is 10.0 Å². The third-order valence-electron chi connectivity index (χ3n) is 2.77. The molecule has 0 aliphatic rings. The zero-order chi connectivity index (χ0) is 15.5. The molecule has 1 aromatic rings. The van der Waals surface area contributed by atoms with Gasteiger partial charge in [0.05, 0.1) is 6.04 Å². The van der Waals surface area contributed by atoms with Crippen molar-refractivity contribution < 1.29 is 13.2 Å². The predicted molar refractivity (Wildman–Crippen MR) is 76.4 cm³/mol. The molecule has 0 bridgehead atoms. The Bertz CT molecular complexity index is 562. The number of nitrogens with one attached hydrogen (secondary N) is 1. The first-order chi connectivity index (χ1) is 9.24. The number of carbonyl (C=O) groups is 1. The Balaban J connectivity index is 2.95. The minimum Gasteiger partial charge on any atom is -0.342 e. The molecule has 0 radical (unpaired) electrons. The van der Waals surface area contributed by atoms with E-state index in [2.05, 4.69) is 31.0 Å². The van der Waals surface area contributed by atoms with Crippen molar-refractivity contribution >= 4 is 31.9 Å². The SMILES string of the molecule is CCN(CC)C(=O)C(C)NS(=O)(=O)c1c(Br)nnn1C. The molecule has 10 heteroatoms. The topological polar surface area (TPSA) is 97.2 Å². The lowest BCUT2D eigenvalue weighted by Gasteiger charge is -2.23. The quantitative estimate of drug-likeness (QED) is 0.769. The van der Waals surface area contributed by atoms with Crippen LogP contribution in [-0.4, -0.2) is 53.4 Å². The van der Waals surface area contributed by atoms with Gasteiger partial charge >= 0.3 is 0 Å². The van der Waals surface area contributed by atoms with Gasteiger partial charge in [0.1, 0.15) is 0 Å². The molecule has 20 heavy (non-hydrogen) atoms. The number of sulfonamides is 1. The molecular weight excluding hydrogens is 350 g/mol. The summed E-state index contributed by atoms with van der Waals surface area (Å²) < 4.78 is 28.0. The number of aryl methyl sites for hydroxylation is 1. The van der Waals surface area contributed by atoms with Gasteiger partial charge in [-0.15, -0.1) is 5.10 Å². The van der Waals surface area contributed by atoms with E-state index in [1.54, 1.807) is 4.90 Å². The number of amides is 1. The number of halogens is 1. The van der Waals surface area contributed by atoms with Crippen LogP contribution in [0.5, 0.6) is 0 Å². The Morgan fingerprint density at radius 3 is 2.40 bits per heavy atom. The van der Waals surface area contributed by atoms with E-state index in [4.69, 9.17) is 0 Å². The first-order valence-corrected chi connectivity index (χ1v) is 8.38. The van der Waals surface area contributed by atoms with Gasteiger partial charge in [-0.3, -0.25) is 4.79 Å². The van der Waals surface area contributed by atoms with Crippen molar-refractivity contribution in [3.8, 4) is 0 Å². The van der Waals surface area contributed by atoms with Gasteiger partial charge in [-0.25, -0.2) is 13.1 Å². The van der Waals surface area contributed by atoms with E-state index >= 15 is 0 Å². The molecule has 0 saturated heterocycles. The number of nitrogens with zero attached hydrogens (tertiary/aromatic N) is 4. The first kappa shape index (κ1) is 17.1. The third-order valence-corrected chi connectivity index (χ3v) is 5.20. The van der Waals surface area contributed by atoms with Crippen LogP contribution in [0.15, 0.2) is 9.63 Å². The number of hydrogen-bond acceptors (Lipinski definition) is 5. The Kier molecular flexibility index (Phi) is 5.66. The Hall–Kier alpha value is -1.00. The number of likely N-dealkylation sites (N-methyl/N-ethyl adjacent to an activating group) is 1. The summed E-state index contributed by atoms with van der Waals surface area (Å²) in [6.07, 6.45) is 0. The second kappa shape index (κ2) is 6.64. The van der Waals surface area contributed by atoms with Crippen molar-refractivity contribution in [3.05, 3.63) is 4.60 Å². The average Bonchev–Trinajstić information content (AvgIpc) is 2.70. The summed E-state index contributed by atoms with van der Waals surface area (Å²) in [6, 6.07) is -0.860. The molecule has 0 fully saturated rings. The smallest absolute Gasteiger partial charge is 0.261 e. The van der Waals surface area contributed by atoms with Gasteiger partial charge < -0.3 is 4.90 Å². The van der Waals surface area contributed by atoms with Crippen molar-refractivity contribution in [2.75, 3.05) is 13.1 Å². The third kappa shape index (κ3) is 3.55. The fraction of sp³-hybridized carbons (Fsp3) is 0.700. The van der Waals surface area contributed by atoms with Crippen LogP contribution in [0.3, 0.4) is 0 Å². The van der Waals surface area contributed by atoms with E-state index in [9.17, 15) is 13.2 Å². The van der Waals surface area contributed by atoms with Crippen molar-refractivity contribution in [2.24, 2.45) is 7.05 Å². The second-order valence-electron chi connectivity index (χ2n) is 4.16. The molecule has 0 aliphatic carbocycles. The fourth-order valence-electron chi connectivity index (χ4n) is 1.76. The zero-order valence-electron chi connectivity index (χ0n) is 11.8.